The van der Waals surface area contributed by atoms with E-state index in [1.165, 1.54) is 31.1 Å². The average molecular weight is 1300 g/mol. The highest BCUT2D eigenvalue weighted by Crippen LogP contribution is 2.30. The normalized spacial score (nSPS) is 17.0. The molecule has 2 rings (SSSR count). The molecule has 0 radical (unpaired) electrons. The Balaban J connectivity index is 1.96. The number of urea groups is 1. The second-order valence-electron chi connectivity index (χ2n) is 24.8. The number of hydrogen-bond donors (Lipinski definition) is 11. The summed E-state index contributed by atoms with van der Waals surface area (Å²) in [5.74, 6) is -10.3. The van der Waals surface area contributed by atoms with Crippen molar-refractivity contribution in [3.63, 3.8) is 0 Å². The molecule has 1 saturated heterocycles. The standard InChI is InChI=1S/C64H105N9O19/c1-13-39(6)55(47(91-11)36-51(77)73-35-23-27-46(73)57(92-12)40(7)58(81)66-41(8)56(80)42-24-17-16-18-25-42)72(10)60(83)53(37(2)3)70-59(82)54(38(4)5)71(9)50(76)32-30-44(62(86)87)67-49(75)29-20-15-14-19-28-48(74)65-34-22-21-26-43(61(84)85)68-64(90)69-45(63(88)89)31-33-52(78)79/h16-18,24-25,37-41,43-47,53-57,80H,13-15,19-23,26-36H2,1-12H3,(H,65,74)(H,66,81)(H,67,75)(H,70,82)(H,78,79)(H,84,85)(H,86,87)(H,88,89)(H2,68,69,90)/t39-,40+,41+,43?,44?,45?,46-,47?,53?,54?,55?,56+,57+/m0/s1. The molecule has 1 aliphatic heterocycles. The second kappa shape index (κ2) is 41.2. The van der Waals surface area contributed by atoms with E-state index in [0.29, 0.717) is 63.5 Å². The zero-order chi connectivity index (χ0) is 69.5. The zero-order valence-electron chi connectivity index (χ0n) is 55.8. The summed E-state index contributed by atoms with van der Waals surface area (Å²) in [4.78, 5) is 159. The topological polar surface area (TPSA) is 406 Å². The number of likely N-dealkylation sites (tertiary alicyclic amines) is 1. The first kappa shape index (κ1) is 80.6. The largest absolute Gasteiger partial charge is 0.481 e. The average Bonchev–Trinajstić information content (AvgIpc) is 1.43. The van der Waals surface area contributed by atoms with Crippen LogP contribution in [0.2, 0.25) is 0 Å². The number of carboxylic acid groups (broad SMARTS) is 4. The van der Waals surface area contributed by atoms with Gasteiger partial charge in [0.05, 0.1) is 48.8 Å². The van der Waals surface area contributed by atoms with Crippen molar-refractivity contribution in [2.24, 2.45) is 23.7 Å². The third-order valence-electron chi connectivity index (χ3n) is 17.1. The first-order valence-electron chi connectivity index (χ1n) is 32.1. The van der Waals surface area contributed by atoms with Gasteiger partial charge in [0, 0.05) is 67.1 Å². The van der Waals surface area contributed by atoms with Gasteiger partial charge in [0.25, 0.3) is 0 Å². The number of likely N-dealkylation sites (N-methyl/N-ethyl adjacent to an activating group) is 2. The van der Waals surface area contributed by atoms with Crippen LogP contribution in [0.25, 0.3) is 0 Å². The van der Waals surface area contributed by atoms with Crippen molar-refractivity contribution < 1.29 is 92.5 Å². The van der Waals surface area contributed by atoms with Crippen LogP contribution in [0.3, 0.4) is 0 Å². The minimum Gasteiger partial charge on any atom is -0.481 e. The summed E-state index contributed by atoms with van der Waals surface area (Å²) in [7, 11) is 6.00. The number of nitrogens with one attached hydrogen (secondary N) is 6. The minimum atomic E-state index is -1.54. The number of hydrogen-bond acceptors (Lipinski definition) is 15. The Kier molecular flexibility index (Phi) is 36.1. The summed E-state index contributed by atoms with van der Waals surface area (Å²) < 4.78 is 12.0. The predicted molar refractivity (Wildman–Crippen MR) is 338 cm³/mol. The summed E-state index contributed by atoms with van der Waals surface area (Å²) in [5, 5.41) is 63.7. The summed E-state index contributed by atoms with van der Waals surface area (Å²) in [6, 6.07) is -0.306. The van der Waals surface area contributed by atoms with E-state index in [0.717, 1.165) is 0 Å². The van der Waals surface area contributed by atoms with Crippen molar-refractivity contribution in [3.8, 4) is 0 Å². The van der Waals surface area contributed by atoms with Crippen molar-refractivity contribution in [1.82, 2.24) is 46.6 Å². The van der Waals surface area contributed by atoms with E-state index < -0.39 is 151 Å². The zero-order valence-corrected chi connectivity index (χ0v) is 55.8. The van der Waals surface area contributed by atoms with Crippen molar-refractivity contribution in [2.45, 2.75) is 231 Å². The molecule has 28 heteroatoms. The third kappa shape index (κ3) is 26.6. The van der Waals surface area contributed by atoms with Gasteiger partial charge in [-0.2, -0.15) is 0 Å². The van der Waals surface area contributed by atoms with Gasteiger partial charge < -0.3 is 81.6 Å². The van der Waals surface area contributed by atoms with Crippen LogP contribution in [0.4, 0.5) is 4.79 Å². The van der Waals surface area contributed by atoms with Gasteiger partial charge >= 0.3 is 29.9 Å². The Hall–Kier alpha value is -7.46. The van der Waals surface area contributed by atoms with Crippen LogP contribution in [0.5, 0.6) is 0 Å². The monoisotopic (exact) mass is 1300 g/mol. The van der Waals surface area contributed by atoms with Gasteiger partial charge in [0.1, 0.15) is 30.2 Å². The molecule has 0 aromatic heterocycles. The van der Waals surface area contributed by atoms with Crippen molar-refractivity contribution in [2.75, 3.05) is 41.4 Å². The van der Waals surface area contributed by atoms with Crippen molar-refractivity contribution in [3.05, 3.63) is 35.9 Å². The Labute approximate surface area is 540 Å². The van der Waals surface area contributed by atoms with E-state index in [-0.39, 0.29) is 75.1 Å². The fourth-order valence-corrected chi connectivity index (χ4v) is 11.6. The van der Waals surface area contributed by atoms with Crippen LogP contribution in [-0.2, 0) is 62.2 Å². The molecule has 0 spiro atoms. The molecule has 1 heterocycles. The molecule has 0 saturated carbocycles. The lowest BCUT2D eigenvalue weighted by atomic mass is 9.89. The molecule has 0 aliphatic carbocycles. The Morgan fingerprint density at radius 3 is 1.73 bits per heavy atom. The molecule has 1 aliphatic rings. The smallest absolute Gasteiger partial charge is 0.326 e. The quantitative estimate of drug-likeness (QED) is 0.0414. The number of carboxylic acids is 4. The molecule has 0 bridgehead atoms. The Morgan fingerprint density at radius 1 is 0.630 bits per heavy atom. The number of nitrogens with zero attached hydrogens (tertiary/aromatic N) is 3. The fourth-order valence-electron chi connectivity index (χ4n) is 11.6. The molecule has 7 unspecified atom stereocenters. The second-order valence-corrected chi connectivity index (χ2v) is 24.8. The number of amides is 9. The number of carbonyl (C=O) groups is 12. The molecule has 1 aromatic rings. The van der Waals surface area contributed by atoms with Crippen LogP contribution < -0.4 is 31.9 Å². The molecule has 1 aromatic carbocycles. The molecule has 9 amide bonds. The Bertz CT molecular complexity index is 2580. The molecule has 520 valence electrons. The number of methoxy groups -OCH3 is 2. The third-order valence-corrected chi connectivity index (χ3v) is 17.1. The van der Waals surface area contributed by atoms with Gasteiger partial charge in [0.15, 0.2) is 0 Å². The minimum absolute atomic E-state index is 0.0221. The van der Waals surface area contributed by atoms with Crippen LogP contribution in [0.15, 0.2) is 30.3 Å². The van der Waals surface area contributed by atoms with E-state index in [1.807, 2.05) is 19.9 Å². The Morgan fingerprint density at radius 2 is 1.20 bits per heavy atom. The van der Waals surface area contributed by atoms with E-state index in [9.17, 15) is 78.0 Å². The van der Waals surface area contributed by atoms with Gasteiger partial charge in [-0.3, -0.25) is 38.4 Å². The van der Waals surface area contributed by atoms with Gasteiger partial charge in [0.2, 0.25) is 41.4 Å². The van der Waals surface area contributed by atoms with E-state index >= 15 is 0 Å². The maximum Gasteiger partial charge on any atom is 0.326 e. The van der Waals surface area contributed by atoms with Crippen molar-refractivity contribution in [1.29, 1.82) is 0 Å². The first-order chi connectivity index (χ1) is 43.3. The predicted octanol–water partition coefficient (Wildman–Crippen LogP) is 3.82. The summed E-state index contributed by atoms with van der Waals surface area (Å²) in [6.45, 7) is 15.0. The summed E-state index contributed by atoms with van der Waals surface area (Å²) in [5.41, 5.74) is 0.657. The van der Waals surface area contributed by atoms with Crippen LogP contribution in [0.1, 0.15) is 176 Å². The van der Waals surface area contributed by atoms with Crippen LogP contribution in [-0.4, -0.2) is 213 Å². The molecule has 1 fully saturated rings. The molecule has 11 N–H and O–H groups in total. The number of carbonyl (C=O) groups excluding carboxylic acids is 8. The van der Waals surface area contributed by atoms with E-state index in [1.54, 1.807) is 77.8 Å². The molecule has 92 heavy (non-hydrogen) atoms. The lowest BCUT2D eigenvalue weighted by molar-refractivity contribution is -0.148. The maximum atomic E-state index is 14.7. The highest BCUT2D eigenvalue weighted by atomic mass is 16.5. The number of aliphatic hydroxyl groups excluding tert-OH is 1. The SMILES string of the molecule is CC[C@H](C)C(C(CC(=O)N1CCC[C@H]1[C@H](OC)[C@@H](C)C(=O)N[C@H](C)[C@@H](O)c1ccccc1)OC)N(C)C(=O)C(NC(=O)C(C(C)C)N(C)C(=O)CCC(NC(=O)CCCCCCC(=O)NCCCCC(NC(=O)NC(CCC(=O)O)C(=O)O)C(=O)O)C(=O)O)C(C)C. The molecular weight excluding hydrogens is 1200 g/mol. The van der Waals surface area contributed by atoms with Gasteiger partial charge in [-0.15, -0.1) is 0 Å². The van der Waals surface area contributed by atoms with Crippen LogP contribution in [0, 0.1) is 23.7 Å². The van der Waals surface area contributed by atoms with Gasteiger partial charge in [-0.25, -0.2) is 19.2 Å². The highest BCUT2D eigenvalue weighted by Gasteiger charge is 2.44. The summed E-state index contributed by atoms with van der Waals surface area (Å²) in [6.07, 6.45) is 0.485. The van der Waals surface area contributed by atoms with Gasteiger partial charge in [-0.1, -0.05) is 98.1 Å². The number of benzene rings is 1. The number of aliphatic hydroxyl groups is 1. The van der Waals surface area contributed by atoms with E-state index in [4.69, 9.17) is 14.6 Å². The molecule has 28 nitrogen and oxygen atoms in total. The number of rotatable bonds is 44. The lowest BCUT2D eigenvalue weighted by Crippen LogP contribution is -2.60. The fraction of sp³-hybridized carbons (Fsp3) is 0.719. The number of ether oxygens (including phenoxy) is 2. The number of aliphatic carboxylic acids is 4. The molecular formula is C64H105N9O19. The first-order valence-corrected chi connectivity index (χ1v) is 32.1. The molecule has 13 atom stereocenters. The van der Waals surface area contributed by atoms with Gasteiger partial charge in [-0.05, 0) is 88.0 Å². The maximum absolute atomic E-state index is 14.7. The van der Waals surface area contributed by atoms with Crippen LogP contribution >= 0.6 is 0 Å². The summed E-state index contributed by atoms with van der Waals surface area (Å²) >= 11 is 0. The van der Waals surface area contributed by atoms with Crippen molar-refractivity contribution >= 4 is 71.3 Å². The van der Waals surface area contributed by atoms with E-state index in [2.05, 4.69) is 31.9 Å². The lowest BCUT2D eigenvalue weighted by Gasteiger charge is -2.41. The number of unbranched alkanes of at least 4 members (excludes halogenated alkanes) is 4. The highest BCUT2D eigenvalue weighted by molar-refractivity contribution is 5.93.